The summed E-state index contributed by atoms with van der Waals surface area (Å²) in [6.45, 7) is 21.5. The molecule has 2 heterocycles. The third-order valence-corrected chi connectivity index (χ3v) is 19.6. The average molecular weight is 1500 g/mol. The molecular weight excluding hydrogens is 1370 g/mol. The Morgan fingerprint density at radius 1 is 0.561 bits per heavy atom. The van der Waals surface area contributed by atoms with E-state index in [0.29, 0.717) is 37.1 Å². The van der Waals surface area contributed by atoms with E-state index in [1.54, 1.807) is 81.1 Å². The number of piperidine rings is 1. The molecule has 107 heavy (non-hydrogen) atoms. The summed E-state index contributed by atoms with van der Waals surface area (Å²) in [5, 5.41) is 25.0. The summed E-state index contributed by atoms with van der Waals surface area (Å²) in [6, 6.07) is 1.08. The molecule has 0 aromatic heterocycles. The Kier molecular flexibility index (Phi) is 35.7. The predicted octanol–water partition coefficient (Wildman–Crippen LogP) is 3.41. The van der Waals surface area contributed by atoms with E-state index in [1.165, 1.54) is 83.0 Å². The van der Waals surface area contributed by atoms with Gasteiger partial charge in [-0.1, -0.05) is 98.7 Å². The van der Waals surface area contributed by atoms with Crippen LogP contribution < -0.4 is 31.3 Å². The van der Waals surface area contributed by atoms with Gasteiger partial charge in [-0.15, -0.1) is 0 Å². The molecule has 2 aromatic carbocycles. The topological polar surface area (TPSA) is 347 Å². The van der Waals surface area contributed by atoms with E-state index in [0.717, 1.165) is 21.1 Å². The molecule has 2 aromatic rings. The van der Waals surface area contributed by atoms with Crippen molar-refractivity contribution in [3.05, 3.63) is 65.2 Å². The standard InChI is InChI=1S/C78H125N13O16/c1-22-58-69(97)83-67(51(10)92)77(105)84(15)44-65(94)86(17)62(41-52-29-25-23-26-30-52)76(104)89(20)61(40-50(8)9)72(100)82-57(46-107-78(11,12)13)74(102)88(19)60(39-49(6)7)71(99)81-56(75(103)90-34-27-24-28-35-90)43-64(93)91(36-33-53-31-32-54(68(96)79-14)63(42-53)106-21)45-66(95)85(16)59(38-48(4)5)70(98)80-55(37-47(2)3)73(101)87(58)18/h23,25-26,29-32,42,47-51,55-62,67,92H,22,24,27-28,33-41,43-46H2,1-21H3,(H,79,96)(H,80,98)(H,81,99)(H,82,100)(H,83,97)/t51-,55+,56+,57+,58+,59+,60+,61+,62+,67+/m1/s1. The molecule has 4 rings (SSSR count). The number of nitrogens with one attached hydrogen (secondary N) is 5. The molecule has 0 saturated carbocycles. The van der Waals surface area contributed by atoms with Crippen molar-refractivity contribution >= 4 is 76.8 Å². The fourth-order valence-electron chi connectivity index (χ4n) is 13.2. The van der Waals surface area contributed by atoms with Gasteiger partial charge in [0.25, 0.3) is 5.91 Å². The first-order valence-electron chi connectivity index (χ1n) is 37.7. The first-order chi connectivity index (χ1) is 50.1. The molecule has 598 valence electrons. The van der Waals surface area contributed by atoms with Gasteiger partial charge in [-0.25, -0.2) is 0 Å². The van der Waals surface area contributed by atoms with Crippen LogP contribution in [0.5, 0.6) is 5.75 Å². The lowest BCUT2D eigenvalue weighted by Gasteiger charge is -2.37. The highest BCUT2D eigenvalue weighted by molar-refractivity contribution is 6.00. The molecular formula is C78H125N13O16. The second-order valence-electron chi connectivity index (χ2n) is 31.3. The quantitative estimate of drug-likeness (QED) is 0.111. The lowest BCUT2D eigenvalue weighted by molar-refractivity contribution is -0.151. The number of carbonyl (C=O) groups is 13. The van der Waals surface area contributed by atoms with Crippen LogP contribution in [0.2, 0.25) is 0 Å². The van der Waals surface area contributed by atoms with Gasteiger partial charge >= 0.3 is 0 Å². The van der Waals surface area contributed by atoms with Crippen molar-refractivity contribution in [1.82, 2.24) is 65.8 Å². The highest BCUT2D eigenvalue weighted by atomic mass is 16.5. The Morgan fingerprint density at radius 3 is 1.56 bits per heavy atom. The summed E-state index contributed by atoms with van der Waals surface area (Å²) in [4.78, 5) is 203. The zero-order valence-electron chi connectivity index (χ0n) is 67.4. The summed E-state index contributed by atoms with van der Waals surface area (Å²) < 4.78 is 11.8. The SMILES string of the molecule is CC[C@H]1C(=O)N[C@@H]([C@@H](C)O)C(=O)N(C)CC(=O)N(C)[C@@H](Cc2ccccc2)C(=O)N(C)[C@@H](CC(C)C)C(=O)N[C@@H](COC(C)(C)C)C(=O)N(C)[C@@H](CC(C)C)C(=O)N[C@H](C(=O)N2CCCCC2)CC(=O)N(CCc2ccc(C(=O)NC)c(OC)c2)CC(=O)N(C)[C@@H](CC(C)C)C(=O)N[C@@H](CC(C)C)C(=O)N1C. The molecule has 0 aliphatic carbocycles. The van der Waals surface area contributed by atoms with Crippen molar-refractivity contribution in [1.29, 1.82) is 0 Å². The number of hydrogen-bond donors (Lipinski definition) is 6. The van der Waals surface area contributed by atoms with Gasteiger partial charge in [-0.3, -0.25) is 62.3 Å². The zero-order chi connectivity index (χ0) is 80.6. The van der Waals surface area contributed by atoms with Crippen LogP contribution in [0.25, 0.3) is 0 Å². The average Bonchev–Trinajstić information content (AvgIpc) is 0.822. The number of ether oxygens (including phenoxy) is 2. The number of methoxy groups -OCH3 is 1. The number of likely N-dealkylation sites (N-methyl/N-ethyl adjacent to an activating group) is 6. The van der Waals surface area contributed by atoms with Gasteiger partial charge in [0.15, 0.2) is 0 Å². The predicted molar refractivity (Wildman–Crippen MR) is 406 cm³/mol. The first-order valence-corrected chi connectivity index (χ1v) is 37.7. The van der Waals surface area contributed by atoms with Crippen LogP contribution >= 0.6 is 0 Å². The van der Waals surface area contributed by atoms with Crippen molar-refractivity contribution < 1.29 is 76.9 Å². The van der Waals surface area contributed by atoms with Gasteiger partial charge in [0.05, 0.1) is 50.5 Å². The normalized spacial score (nSPS) is 23.6. The summed E-state index contributed by atoms with van der Waals surface area (Å²) in [5.74, 6) is -10.3. The minimum absolute atomic E-state index is 0.0138. The second kappa shape index (κ2) is 42.1. The van der Waals surface area contributed by atoms with Crippen molar-refractivity contribution in [3.8, 4) is 5.75 Å². The maximum atomic E-state index is 15.5. The Labute approximate surface area is 634 Å². The van der Waals surface area contributed by atoms with Crippen molar-refractivity contribution in [2.75, 3.05) is 95.8 Å². The maximum absolute atomic E-state index is 15.5. The van der Waals surface area contributed by atoms with Crippen LogP contribution in [0.4, 0.5) is 0 Å². The molecule has 13 amide bonds. The Bertz CT molecular complexity index is 3370. The number of benzene rings is 2. The summed E-state index contributed by atoms with van der Waals surface area (Å²) >= 11 is 0. The molecule has 0 radical (unpaired) electrons. The number of nitrogens with zero attached hydrogens (tertiary/aromatic N) is 8. The van der Waals surface area contributed by atoms with E-state index in [4.69, 9.17) is 9.47 Å². The number of aliphatic hydroxyl groups is 1. The van der Waals surface area contributed by atoms with Gasteiger partial charge in [0.1, 0.15) is 60.1 Å². The lowest BCUT2D eigenvalue weighted by atomic mass is 9.98. The Hall–Kier alpha value is -8.73. The third-order valence-electron chi connectivity index (χ3n) is 19.6. The van der Waals surface area contributed by atoms with Gasteiger partial charge in [0.2, 0.25) is 70.9 Å². The first kappa shape index (κ1) is 90.7. The highest BCUT2D eigenvalue weighted by Crippen LogP contribution is 2.25. The second-order valence-corrected chi connectivity index (χ2v) is 31.3. The number of aliphatic hydroxyl groups excluding tert-OH is 1. The summed E-state index contributed by atoms with van der Waals surface area (Å²) in [5.41, 5.74) is 0.562. The minimum atomic E-state index is -1.67. The van der Waals surface area contributed by atoms with Crippen LogP contribution in [0, 0.1) is 23.7 Å². The van der Waals surface area contributed by atoms with Gasteiger partial charge in [-0.2, -0.15) is 0 Å². The minimum Gasteiger partial charge on any atom is -0.496 e. The molecule has 6 N–H and O–H groups in total. The number of amides is 13. The smallest absolute Gasteiger partial charge is 0.254 e. The van der Waals surface area contributed by atoms with Crippen LogP contribution in [-0.4, -0.2) is 283 Å². The number of likely N-dealkylation sites (tertiary alicyclic amines) is 1. The largest absolute Gasteiger partial charge is 0.496 e. The molecule has 29 heteroatoms. The fraction of sp³-hybridized carbons (Fsp3) is 0.679. The van der Waals surface area contributed by atoms with E-state index in [-0.39, 0.29) is 86.5 Å². The van der Waals surface area contributed by atoms with E-state index in [2.05, 4.69) is 26.6 Å². The summed E-state index contributed by atoms with van der Waals surface area (Å²) in [6.07, 6.45) is 0.0187. The van der Waals surface area contributed by atoms with Crippen molar-refractivity contribution in [2.45, 2.75) is 227 Å². The Balaban J connectivity index is 2.03. The Morgan fingerprint density at radius 2 is 1.05 bits per heavy atom. The monoisotopic (exact) mass is 1500 g/mol. The molecule has 10 atom stereocenters. The summed E-state index contributed by atoms with van der Waals surface area (Å²) in [7, 11) is 11.1. The number of rotatable bonds is 20. The number of hydrogen-bond acceptors (Lipinski definition) is 16. The van der Waals surface area contributed by atoms with Crippen LogP contribution in [0.3, 0.4) is 0 Å². The number of carbonyl (C=O) groups excluding carboxylic acids is 13. The van der Waals surface area contributed by atoms with Crippen LogP contribution in [0.15, 0.2) is 48.5 Å². The molecule has 29 nitrogen and oxygen atoms in total. The van der Waals surface area contributed by atoms with Crippen molar-refractivity contribution in [3.63, 3.8) is 0 Å². The third kappa shape index (κ3) is 26.9. The van der Waals surface area contributed by atoms with E-state index >= 15 is 38.4 Å². The molecule has 0 spiro atoms. The van der Waals surface area contributed by atoms with Crippen LogP contribution in [-0.2, 0) is 75.1 Å². The van der Waals surface area contributed by atoms with Gasteiger partial charge < -0.3 is 80.4 Å². The van der Waals surface area contributed by atoms with Crippen LogP contribution in [0.1, 0.15) is 169 Å². The zero-order valence-corrected chi connectivity index (χ0v) is 67.4. The lowest BCUT2D eigenvalue weighted by Crippen LogP contribution is -2.62. The van der Waals surface area contributed by atoms with E-state index < -0.39 is 169 Å². The van der Waals surface area contributed by atoms with Gasteiger partial charge in [-0.05, 0) is 132 Å². The molecule has 2 fully saturated rings. The van der Waals surface area contributed by atoms with Crippen molar-refractivity contribution in [2.24, 2.45) is 23.7 Å². The molecule has 0 bridgehead atoms. The highest BCUT2D eigenvalue weighted by Gasteiger charge is 2.43. The maximum Gasteiger partial charge on any atom is 0.254 e. The fourth-order valence-corrected chi connectivity index (χ4v) is 13.2. The van der Waals surface area contributed by atoms with Gasteiger partial charge in [0, 0.05) is 75.4 Å². The van der Waals surface area contributed by atoms with E-state index in [1.807, 2.05) is 55.4 Å². The van der Waals surface area contributed by atoms with E-state index in [9.17, 15) is 29.1 Å². The molecule has 2 saturated heterocycles. The molecule has 2 aliphatic heterocycles. The molecule has 0 unspecified atom stereocenters. The molecule has 2 aliphatic rings.